The number of hydrogen-bond donors (Lipinski definition) is 1. The quantitative estimate of drug-likeness (QED) is 0.904. The maximum atomic E-state index is 6.19. The predicted molar refractivity (Wildman–Crippen MR) is 84.8 cm³/mol. The fraction of sp³-hybridized carbons (Fsp3) is 0.667. The molecule has 1 aromatic rings. The fourth-order valence-electron chi connectivity index (χ4n) is 4.46. The van der Waals surface area contributed by atoms with Gasteiger partial charge in [-0.15, -0.1) is 0 Å². The Morgan fingerprint density at radius 2 is 2.10 bits per heavy atom. The van der Waals surface area contributed by atoms with E-state index in [9.17, 15) is 0 Å². The van der Waals surface area contributed by atoms with Crippen molar-refractivity contribution in [1.82, 2.24) is 10.2 Å². The summed E-state index contributed by atoms with van der Waals surface area (Å²) in [7, 11) is 0. The van der Waals surface area contributed by atoms with Crippen LogP contribution in [0.2, 0.25) is 0 Å². The predicted octanol–water partition coefficient (Wildman–Crippen LogP) is 2.60. The zero-order chi connectivity index (χ0) is 14.3. The van der Waals surface area contributed by atoms with Crippen LogP contribution in [0, 0.1) is 0 Å². The smallest absolute Gasteiger partial charge is 0.123 e. The van der Waals surface area contributed by atoms with Crippen LogP contribution in [0.1, 0.15) is 38.2 Å². The largest absolute Gasteiger partial charge is 0.488 e. The number of nitrogens with one attached hydrogen (secondary N) is 1. The van der Waals surface area contributed by atoms with E-state index in [4.69, 9.17) is 4.74 Å². The molecule has 0 bridgehead atoms. The van der Waals surface area contributed by atoms with Gasteiger partial charge in [-0.05, 0) is 31.4 Å². The zero-order valence-corrected chi connectivity index (χ0v) is 13.0. The molecule has 3 nitrogen and oxygen atoms in total. The molecular formula is C18H26N2O. The van der Waals surface area contributed by atoms with Crippen LogP contribution in [0.5, 0.6) is 5.75 Å². The van der Waals surface area contributed by atoms with E-state index in [1.807, 2.05) is 0 Å². The first-order valence-electron chi connectivity index (χ1n) is 8.48. The van der Waals surface area contributed by atoms with Gasteiger partial charge in [-0.2, -0.15) is 0 Å². The third kappa shape index (κ3) is 2.47. The molecule has 2 unspecified atom stereocenters. The second kappa shape index (κ2) is 5.29. The zero-order valence-electron chi connectivity index (χ0n) is 13.0. The molecule has 21 heavy (non-hydrogen) atoms. The summed E-state index contributed by atoms with van der Waals surface area (Å²) >= 11 is 0. The standard InChI is InChI=1S/C18H26N2O/c1-14-11-20(18(13-19-14)8-4-5-9-18)12-16-10-15-6-2-3-7-17(15)21-16/h2-3,6-7,14,16,19H,4-5,8-13H2,1H3. The van der Waals surface area contributed by atoms with Gasteiger partial charge in [-0.3, -0.25) is 4.90 Å². The fourth-order valence-corrected chi connectivity index (χ4v) is 4.46. The van der Waals surface area contributed by atoms with Gasteiger partial charge in [0.2, 0.25) is 0 Å². The van der Waals surface area contributed by atoms with Crippen LogP contribution in [-0.2, 0) is 6.42 Å². The first-order valence-corrected chi connectivity index (χ1v) is 8.48. The van der Waals surface area contributed by atoms with Crippen molar-refractivity contribution in [2.24, 2.45) is 0 Å². The lowest BCUT2D eigenvalue weighted by Gasteiger charge is -2.48. The van der Waals surface area contributed by atoms with E-state index < -0.39 is 0 Å². The number of fused-ring (bicyclic) bond motifs is 1. The Labute approximate surface area is 127 Å². The molecule has 1 aromatic carbocycles. The average molecular weight is 286 g/mol. The first kappa shape index (κ1) is 13.6. The number of hydrogen-bond acceptors (Lipinski definition) is 3. The van der Waals surface area contributed by atoms with Crippen molar-refractivity contribution >= 4 is 0 Å². The molecule has 1 spiro atoms. The Kier molecular flexibility index (Phi) is 3.43. The number of para-hydroxylation sites is 1. The number of nitrogens with zero attached hydrogens (tertiary/aromatic N) is 1. The van der Waals surface area contributed by atoms with Crippen LogP contribution in [-0.4, -0.2) is 42.2 Å². The summed E-state index contributed by atoms with van der Waals surface area (Å²) in [5.74, 6) is 1.10. The van der Waals surface area contributed by atoms with Crippen LogP contribution in [0.3, 0.4) is 0 Å². The van der Waals surface area contributed by atoms with Crippen molar-refractivity contribution in [1.29, 1.82) is 0 Å². The lowest BCUT2D eigenvalue weighted by atomic mass is 9.90. The summed E-state index contributed by atoms with van der Waals surface area (Å²) in [5.41, 5.74) is 1.79. The summed E-state index contributed by atoms with van der Waals surface area (Å²) in [6, 6.07) is 9.12. The molecule has 1 saturated carbocycles. The van der Waals surface area contributed by atoms with Crippen molar-refractivity contribution < 1.29 is 4.74 Å². The summed E-state index contributed by atoms with van der Waals surface area (Å²) < 4.78 is 6.19. The van der Waals surface area contributed by atoms with Gasteiger partial charge >= 0.3 is 0 Å². The highest BCUT2D eigenvalue weighted by molar-refractivity contribution is 5.37. The molecule has 1 N–H and O–H groups in total. The second-order valence-corrected chi connectivity index (χ2v) is 7.17. The van der Waals surface area contributed by atoms with E-state index in [-0.39, 0.29) is 0 Å². The Bertz CT molecular complexity index is 485. The van der Waals surface area contributed by atoms with Crippen LogP contribution < -0.4 is 10.1 Å². The van der Waals surface area contributed by atoms with Crippen molar-refractivity contribution in [2.45, 2.75) is 56.7 Å². The summed E-state index contributed by atoms with van der Waals surface area (Å²) in [4.78, 5) is 2.75. The molecule has 2 heterocycles. The summed E-state index contributed by atoms with van der Waals surface area (Å²) in [6.07, 6.45) is 6.89. The van der Waals surface area contributed by atoms with Gasteiger partial charge in [0, 0.05) is 37.6 Å². The van der Waals surface area contributed by atoms with Crippen LogP contribution >= 0.6 is 0 Å². The second-order valence-electron chi connectivity index (χ2n) is 7.17. The molecule has 2 atom stereocenters. The minimum atomic E-state index is 0.338. The van der Waals surface area contributed by atoms with Gasteiger partial charge in [0.1, 0.15) is 11.9 Å². The van der Waals surface area contributed by atoms with E-state index in [1.54, 1.807) is 0 Å². The minimum Gasteiger partial charge on any atom is -0.488 e. The van der Waals surface area contributed by atoms with Crippen LogP contribution in [0.4, 0.5) is 0 Å². The molecule has 2 aliphatic heterocycles. The van der Waals surface area contributed by atoms with E-state index >= 15 is 0 Å². The lowest BCUT2D eigenvalue weighted by Crippen LogP contribution is -2.64. The Balaban J connectivity index is 1.48. The van der Waals surface area contributed by atoms with Crippen molar-refractivity contribution in [3.63, 3.8) is 0 Å². The maximum absolute atomic E-state index is 6.19. The Morgan fingerprint density at radius 3 is 2.90 bits per heavy atom. The molecule has 1 saturated heterocycles. The average Bonchev–Trinajstić information content (AvgIpc) is 3.10. The summed E-state index contributed by atoms with van der Waals surface area (Å²) in [5, 5.41) is 3.70. The third-order valence-corrected chi connectivity index (χ3v) is 5.62. The normalized spacial score (nSPS) is 31.3. The molecule has 2 fully saturated rings. The first-order chi connectivity index (χ1) is 10.3. The van der Waals surface area contributed by atoms with E-state index in [2.05, 4.69) is 41.4 Å². The highest BCUT2D eigenvalue weighted by Crippen LogP contribution is 2.38. The molecule has 114 valence electrons. The highest BCUT2D eigenvalue weighted by atomic mass is 16.5. The number of ether oxygens (including phenoxy) is 1. The number of rotatable bonds is 2. The molecule has 1 aliphatic carbocycles. The lowest BCUT2D eigenvalue weighted by molar-refractivity contribution is 0.0177. The molecule has 0 aromatic heterocycles. The van der Waals surface area contributed by atoms with E-state index in [0.717, 1.165) is 31.8 Å². The minimum absolute atomic E-state index is 0.338. The maximum Gasteiger partial charge on any atom is 0.123 e. The topological polar surface area (TPSA) is 24.5 Å². The number of benzene rings is 1. The van der Waals surface area contributed by atoms with Gasteiger partial charge in [0.25, 0.3) is 0 Å². The molecular weight excluding hydrogens is 260 g/mol. The van der Waals surface area contributed by atoms with Crippen molar-refractivity contribution in [2.75, 3.05) is 19.6 Å². The van der Waals surface area contributed by atoms with E-state index in [1.165, 1.54) is 31.2 Å². The van der Waals surface area contributed by atoms with Gasteiger partial charge in [0.15, 0.2) is 0 Å². The van der Waals surface area contributed by atoms with Gasteiger partial charge in [-0.1, -0.05) is 31.0 Å². The number of piperazine rings is 1. The van der Waals surface area contributed by atoms with Crippen LogP contribution in [0.25, 0.3) is 0 Å². The molecule has 3 heteroatoms. The Hall–Kier alpha value is -1.06. The van der Waals surface area contributed by atoms with E-state index in [0.29, 0.717) is 17.7 Å². The molecule has 3 aliphatic rings. The highest BCUT2D eigenvalue weighted by Gasteiger charge is 2.43. The molecule has 0 amide bonds. The molecule has 4 rings (SSSR count). The monoisotopic (exact) mass is 286 g/mol. The molecule has 0 radical (unpaired) electrons. The van der Waals surface area contributed by atoms with Crippen LogP contribution in [0.15, 0.2) is 24.3 Å². The van der Waals surface area contributed by atoms with Gasteiger partial charge < -0.3 is 10.1 Å². The SMILES string of the molecule is CC1CN(CC2Cc3ccccc3O2)C2(CCCC2)CN1. The Morgan fingerprint density at radius 1 is 1.29 bits per heavy atom. The van der Waals surface area contributed by atoms with Crippen molar-refractivity contribution in [3.05, 3.63) is 29.8 Å². The summed E-state index contributed by atoms with van der Waals surface area (Å²) in [6.45, 7) is 5.71. The third-order valence-electron chi connectivity index (χ3n) is 5.62. The van der Waals surface area contributed by atoms with Gasteiger partial charge in [0.05, 0.1) is 0 Å². The van der Waals surface area contributed by atoms with Crippen molar-refractivity contribution in [3.8, 4) is 5.75 Å². The van der Waals surface area contributed by atoms with Gasteiger partial charge in [-0.25, -0.2) is 0 Å².